The van der Waals surface area contributed by atoms with Crippen molar-refractivity contribution in [3.05, 3.63) is 71.9 Å². The number of aliphatic hydroxyl groups is 2. The Morgan fingerprint density at radius 1 is 1.40 bits per heavy atom. The number of amides is 1. The number of aliphatic hydroxyl groups excluding tert-OH is 2. The lowest BCUT2D eigenvalue weighted by molar-refractivity contribution is -0.115. The largest absolute Gasteiger partial charge is 0.491 e. The van der Waals surface area contributed by atoms with Crippen molar-refractivity contribution < 1.29 is 19.7 Å². The van der Waals surface area contributed by atoms with Crippen molar-refractivity contribution >= 4 is 23.7 Å². The minimum atomic E-state index is -0.956. The zero-order valence-corrected chi connectivity index (χ0v) is 15.9. The fourth-order valence-corrected chi connectivity index (χ4v) is 2.64. The number of carbonyl (C=O) groups is 1. The van der Waals surface area contributed by atoms with Crippen LogP contribution in [-0.2, 0) is 4.79 Å². The molecule has 2 aliphatic rings. The van der Waals surface area contributed by atoms with Gasteiger partial charge in [0.1, 0.15) is 35.8 Å². The zero-order chi connectivity index (χ0) is 21.5. The van der Waals surface area contributed by atoms with Gasteiger partial charge in [0.15, 0.2) is 0 Å². The number of allylic oxidation sites excluding steroid dienone is 3. The number of benzene rings is 1. The SMILES string of the molecule is N=C/C=C\C(N)=NC(=O)C1=CNC2=CC=C(c3cccc(OCC(O)CO)c3)NN21. The van der Waals surface area contributed by atoms with Gasteiger partial charge >= 0.3 is 0 Å². The minimum Gasteiger partial charge on any atom is -0.491 e. The molecule has 1 unspecified atom stereocenters. The van der Waals surface area contributed by atoms with Gasteiger partial charge in [-0.3, -0.25) is 10.2 Å². The van der Waals surface area contributed by atoms with Gasteiger partial charge in [0.05, 0.1) is 12.3 Å². The first kappa shape index (κ1) is 20.8. The second kappa shape index (κ2) is 9.54. The van der Waals surface area contributed by atoms with E-state index < -0.39 is 12.0 Å². The number of carbonyl (C=O) groups excluding carboxylic acids is 1. The van der Waals surface area contributed by atoms with Gasteiger partial charge in [0.25, 0.3) is 5.91 Å². The van der Waals surface area contributed by atoms with E-state index in [4.69, 9.17) is 21.0 Å². The Morgan fingerprint density at radius 3 is 3.00 bits per heavy atom. The highest BCUT2D eigenvalue weighted by atomic mass is 16.5. The monoisotopic (exact) mass is 410 g/mol. The molecular formula is C20H22N6O4. The van der Waals surface area contributed by atoms with E-state index in [1.165, 1.54) is 18.4 Å². The molecular weight excluding hydrogens is 388 g/mol. The summed E-state index contributed by atoms with van der Waals surface area (Å²) < 4.78 is 5.49. The molecule has 10 nitrogen and oxygen atoms in total. The Kier molecular flexibility index (Phi) is 6.63. The fraction of sp³-hybridized carbons (Fsp3) is 0.150. The van der Waals surface area contributed by atoms with Crippen LogP contribution in [0.2, 0.25) is 0 Å². The number of nitrogens with zero attached hydrogens (tertiary/aromatic N) is 2. The summed E-state index contributed by atoms with van der Waals surface area (Å²) in [4.78, 5) is 16.3. The van der Waals surface area contributed by atoms with Crippen molar-refractivity contribution in [3.63, 3.8) is 0 Å². The molecule has 1 aromatic rings. The molecule has 156 valence electrons. The first-order chi connectivity index (χ1) is 14.5. The predicted molar refractivity (Wildman–Crippen MR) is 112 cm³/mol. The first-order valence-electron chi connectivity index (χ1n) is 9.05. The van der Waals surface area contributed by atoms with Gasteiger partial charge in [-0.2, -0.15) is 4.99 Å². The van der Waals surface area contributed by atoms with Crippen molar-refractivity contribution in [1.29, 1.82) is 5.41 Å². The molecule has 2 heterocycles. The van der Waals surface area contributed by atoms with Crippen LogP contribution in [-0.4, -0.2) is 52.5 Å². The number of hydrogen-bond donors (Lipinski definition) is 6. The average molecular weight is 410 g/mol. The Hall–Kier alpha value is -3.89. The van der Waals surface area contributed by atoms with Crippen LogP contribution < -0.4 is 21.2 Å². The summed E-state index contributed by atoms with van der Waals surface area (Å²) in [6.07, 6.45) is 7.97. The standard InChI is InChI=1S/C20H22N6O4/c21-8-2-5-18(22)24-20(29)17-10-23-19-7-6-16(25-26(17)19)13-3-1-4-15(9-13)30-12-14(28)11-27/h1-10,14,21,23,25,27-28H,11-12H2,(H2,22,24,29)/b5-2-,21-8?. The van der Waals surface area contributed by atoms with E-state index in [2.05, 4.69) is 15.7 Å². The number of hydrazine groups is 1. The lowest BCUT2D eigenvalue weighted by Gasteiger charge is -2.28. The second-order valence-electron chi connectivity index (χ2n) is 6.30. The summed E-state index contributed by atoms with van der Waals surface area (Å²) in [5.74, 6) is 0.606. The van der Waals surface area contributed by atoms with E-state index in [-0.39, 0.29) is 24.7 Å². The highest BCUT2D eigenvalue weighted by molar-refractivity contribution is 6.06. The van der Waals surface area contributed by atoms with Crippen molar-refractivity contribution in [1.82, 2.24) is 15.8 Å². The summed E-state index contributed by atoms with van der Waals surface area (Å²) in [5, 5.41) is 29.8. The van der Waals surface area contributed by atoms with Crippen LogP contribution in [0.5, 0.6) is 5.75 Å². The van der Waals surface area contributed by atoms with Crippen molar-refractivity contribution in [3.8, 4) is 5.75 Å². The number of amidine groups is 1. The van der Waals surface area contributed by atoms with Crippen LogP contribution in [0.4, 0.5) is 0 Å². The average Bonchev–Trinajstić information content (AvgIpc) is 3.19. The lowest BCUT2D eigenvalue weighted by atomic mass is 10.1. The zero-order valence-electron chi connectivity index (χ0n) is 15.9. The molecule has 0 spiro atoms. The molecule has 1 aromatic carbocycles. The van der Waals surface area contributed by atoms with E-state index in [0.717, 1.165) is 11.8 Å². The van der Waals surface area contributed by atoms with Crippen LogP contribution in [0.15, 0.2) is 71.3 Å². The molecule has 0 fully saturated rings. The Labute approximate surface area is 172 Å². The minimum absolute atomic E-state index is 0.00970. The summed E-state index contributed by atoms with van der Waals surface area (Å²) in [6.45, 7) is -0.408. The van der Waals surface area contributed by atoms with Crippen molar-refractivity contribution in [2.45, 2.75) is 6.10 Å². The summed E-state index contributed by atoms with van der Waals surface area (Å²) >= 11 is 0. The number of nitrogens with one attached hydrogen (secondary N) is 3. The van der Waals surface area contributed by atoms with Crippen LogP contribution in [0, 0.1) is 5.41 Å². The Balaban J connectivity index is 1.73. The molecule has 0 bridgehead atoms. The van der Waals surface area contributed by atoms with Gasteiger partial charge in [-0.05, 0) is 36.4 Å². The third kappa shape index (κ3) is 4.93. The Morgan fingerprint density at radius 2 is 2.23 bits per heavy atom. The maximum absolute atomic E-state index is 12.5. The molecule has 0 saturated heterocycles. The molecule has 7 N–H and O–H groups in total. The van der Waals surface area contributed by atoms with E-state index in [9.17, 15) is 9.90 Å². The highest BCUT2D eigenvalue weighted by Gasteiger charge is 2.28. The predicted octanol–water partition coefficient (Wildman–Crippen LogP) is -0.0447. The number of aliphatic imine (C=N–C) groups is 1. The summed E-state index contributed by atoms with van der Waals surface area (Å²) in [7, 11) is 0. The van der Waals surface area contributed by atoms with Gasteiger partial charge in [-0.15, -0.1) is 0 Å². The molecule has 2 aliphatic heterocycles. The van der Waals surface area contributed by atoms with Gasteiger partial charge in [-0.25, -0.2) is 5.01 Å². The lowest BCUT2D eigenvalue weighted by Crippen LogP contribution is -2.38. The van der Waals surface area contributed by atoms with E-state index >= 15 is 0 Å². The van der Waals surface area contributed by atoms with Gasteiger partial charge in [-0.1, -0.05) is 12.1 Å². The van der Waals surface area contributed by atoms with Gasteiger partial charge in [0, 0.05) is 18.0 Å². The third-order valence-corrected chi connectivity index (χ3v) is 4.09. The normalized spacial score (nSPS) is 16.7. The second-order valence-corrected chi connectivity index (χ2v) is 6.30. The maximum Gasteiger partial charge on any atom is 0.299 e. The van der Waals surface area contributed by atoms with E-state index in [1.54, 1.807) is 29.3 Å². The number of ether oxygens (including phenoxy) is 1. The van der Waals surface area contributed by atoms with E-state index in [1.807, 2.05) is 12.1 Å². The molecule has 30 heavy (non-hydrogen) atoms. The van der Waals surface area contributed by atoms with Crippen LogP contribution >= 0.6 is 0 Å². The number of rotatable bonds is 8. The molecule has 0 aromatic heterocycles. The van der Waals surface area contributed by atoms with Crippen LogP contribution in [0.1, 0.15) is 5.56 Å². The first-order valence-corrected chi connectivity index (χ1v) is 9.05. The van der Waals surface area contributed by atoms with Crippen molar-refractivity contribution in [2.24, 2.45) is 10.7 Å². The van der Waals surface area contributed by atoms with Crippen LogP contribution in [0.3, 0.4) is 0 Å². The number of nitrogens with two attached hydrogens (primary N) is 1. The third-order valence-electron chi connectivity index (χ3n) is 4.09. The maximum atomic E-state index is 12.5. The van der Waals surface area contributed by atoms with E-state index in [0.29, 0.717) is 17.3 Å². The molecule has 1 amide bonds. The quantitative estimate of drug-likeness (QED) is 0.257. The molecule has 0 radical (unpaired) electrons. The van der Waals surface area contributed by atoms with Crippen LogP contribution in [0.25, 0.3) is 5.70 Å². The summed E-state index contributed by atoms with van der Waals surface area (Å²) in [5.41, 5.74) is 10.6. The number of hydrogen-bond acceptors (Lipinski definition) is 8. The fourth-order valence-electron chi connectivity index (χ4n) is 2.64. The van der Waals surface area contributed by atoms with Gasteiger partial charge in [0.2, 0.25) is 0 Å². The molecule has 0 saturated carbocycles. The smallest absolute Gasteiger partial charge is 0.299 e. The topological polar surface area (TPSA) is 156 Å². The number of fused-ring (bicyclic) bond motifs is 1. The van der Waals surface area contributed by atoms with Gasteiger partial charge < -0.3 is 31.4 Å². The molecule has 10 heteroatoms. The highest BCUT2D eigenvalue weighted by Crippen LogP contribution is 2.26. The molecule has 0 aliphatic carbocycles. The molecule has 1 atom stereocenters. The Bertz CT molecular complexity index is 979. The summed E-state index contributed by atoms with van der Waals surface area (Å²) in [6, 6.07) is 7.17. The molecule has 3 rings (SSSR count). The van der Waals surface area contributed by atoms with Crippen molar-refractivity contribution in [2.75, 3.05) is 13.2 Å².